The number of para-hydroxylation sites is 2. The summed E-state index contributed by atoms with van der Waals surface area (Å²) in [6.07, 6.45) is 0. The van der Waals surface area contributed by atoms with E-state index in [1.54, 1.807) is 6.07 Å². The molecule has 0 spiro atoms. The molecule has 0 aliphatic rings. The normalized spacial score (nSPS) is 11.5. The van der Waals surface area contributed by atoms with Crippen molar-refractivity contribution < 1.29 is 0 Å². The molecular weight excluding hydrogens is 312 g/mol. The summed E-state index contributed by atoms with van der Waals surface area (Å²) < 4.78 is 4.00. The molecule has 0 aliphatic heterocycles. The molecular formula is C20H12N4O. The van der Waals surface area contributed by atoms with E-state index >= 15 is 0 Å². The molecule has 0 atom stereocenters. The van der Waals surface area contributed by atoms with Gasteiger partial charge in [-0.3, -0.25) is 9.20 Å². The van der Waals surface area contributed by atoms with Gasteiger partial charge in [-0.1, -0.05) is 30.3 Å². The van der Waals surface area contributed by atoms with E-state index in [-0.39, 0.29) is 5.56 Å². The van der Waals surface area contributed by atoms with E-state index in [2.05, 4.69) is 15.6 Å². The number of pyridine rings is 1. The lowest BCUT2D eigenvalue weighted by Crippen LogP contribution is -2.13. The van der Waals surface area contributed by atoms with Crippen LogP contribution in [0, 0.1) is 11.3 Å². The lowest BCUT2D eigenvalue weighted by atomic mass is 10.1. The fourth-order valence-corrected chi connectivity index (χ4v) is 3.68. The Morgan fingerprint density at radius 3 is 2.40 bits per heavy atom. The van der Waals surface area contributed by atoms with Crippen LogP contribution in [0.25, 0.3) is 38.5 Å². The number of hydrogen-bond acceptors (Lipinski definition) is 3. The van der Waals surface area contributed by atoms with Crippen molar-refractivity contribution in [2.24, 2.45) is 7.05 Å². The van der Waals surface area contributed by atoms with Crippen LogP contribution in [-0.2, 0) is 7.05 Å². The second kappa shape index (κ2) is 4.68. The third-order valence-corrected chi connectivity index (χ3v) is 4.77. The second-order valence-electron chi connectivity index (χ2n) is 6.08. The largest absolute Gasteiger partial charge is 0.329 e. The SMILES string of the molecule is Cn1c2ccccc2c2cc(C#N)c3nc(=O)c4ccccc4n3c21. The van der Waals surface area contributed by atoms with Crippen LogP contribution < -0.4 is 5.56 Å². The zero-order chi connectivity index (χ0) is 17.1. The highest BCUT2D eigenvalue weighted by Crippen LogP contribution is 2.31. The summed E-state index contributed by atoms with van der Waals surface area (Å²) in [4.78, 5) is 16.6. The molecule has 0 radical (unpaired) electrons. The average molecular weight is 324 g/mol. The van der Waals surface area contributed by atoms with Crippen molar-refractivity contribution in [1.29, 1.82) is 5.26 Å². The molecule has 3 aromatic heterocycles. The first-order valence-electron chi connectivity index (χ1n) is 7.92. The van der Waals surface area contributed by atoms with Crippen LogP contribution in [0.3, 0.4) is 0 Å². The van der Waals surface area contributed by atoms with Crippen molar-refractivity contribution in [3.8, 4) is 6.07 Å². The summed E-state index contributed by atoms with van der Waals surface area (Å²) in [5, 5.41) is 12.2. The maximum absolute atomic E-state index is 12.4. The summed E-state index contributed by atoms with van der Waals surface area (Å²) in [7, 11) is 1.99. The number of hydrogen-bond donors (Lipinski definition) is 0. The highest BCUT2D eigenvalue weighted by atomic mass is 16.1. The summed E-state index contributed by atoms with van der Waals surface area (Å²) in [5.41, 5.74) is 3.21. The molecule has 5 rings (SSSR count). The quantitative estimate of drug-likeness (QED) is 0.410. The first-order chi connectivity index (χ1) is 12.2. The van der Waals surface area contributed by atoms with Crippen LogP contribution in [0.15, 0.2) is 59.4 Å². The number of nitriles is 1. The molecule has 3 heterocycles. The maximum Gasteiger partial charge on any atom is 0.281 e. The summed E-state index contributed by atoms with van der Waals surface area (Å²) in [6, 6.07) is 19.5. The minimum Gasteiger partial charge on any atom is -0.329 e. The molecule has 0 fully saturated rings. The number of nitrogens with zero attached hydrogens (tertiary/aromatic N) is 4. The lowest BCUT2D eigenvalue weighted by molar-refractivity contribution is 0.971. The van der Waals surface area contributed by atoms with Gasteiger partial charge in [0.2, 0.25) is 0 Å². The number of benzene rings is 2. The van der Waals surface area contributed by atoms with Gasteiger partial charge in [0, 0.05) is 17.8 Å². The number of rotatable bonds is 0. The first kappa shape index (κ1) is 13.8. The molecule has 5 heteroatoms. The molecule has 0 saturated heterocycles. The van der Waals surface area contributed by atoms with Gasteiger partial charge in [-0.05, 0) is 24.3 Å². The van der Waals surface area contributed by atoms with Gasteiger partial charge in [0.15, 0.2) is 5.65 Å². The smallest absolute Gasteiger partial charge is 0.281 e. The Labute approximate surface area is 142 Å². The van der Waals surface area contributed by atoms with Gasteiger partial charge in [0.25, 0.3) is 5.56 Å². The van der Waals surface area contributed by atoms with Crippen molar-refractivity contribution in [2.45, 2.75) is 0 Å². The molecule has 5 nitrogen and oxygen atoms in total. The third-order valence-electron chi connectivity index (χ3n) is 4.77. The van der Waals surface area contributed by atoms with Gasteiger partial charge in [-0.2, -0.15) is 10.2 Å². The van der Waals surface area contributed by atoms with Gasteiger partial charge in [0.05, 0.1) is 22.0 Å². The van der Waals surface area contributed by atoms with Crippen molar-refractivity contribution in [3.05, 3.63) is 70.5 Å². The highest BCUT2D eigenvalue weighted by Gasteiger charge is 2.17. The molecule has 0 amide bonds. The molecule has 25 heavy (non-hydrogen) atoms. The Hall–Kier alpha value is -3.65. The molecule has 5 aromatic rings. The molecule has 0 bridgehead atoms. The van der Waals surface area contributed by atoms with Crippen LogP contribution in [0.2, 0.25) is 0 Å². The average Bonchev–Trinajstić information content (AvgIpc) is 2.94. The van der Waals surface area contributed by atoms with Crippen molar-refractivity contribution >= 4 is 38.5 Å². The fourth-order valence-electron chi connectivity index (χ4n) is 3.68. The first-order valence-corrected chi connectivity index (χ1v) is 7.92. The van der Waals surface area contributed by atoms with Crippen molar-refractivity contribution in [1.82, 2.24) is 14.0 Å². The van der Waals surface area contributed by atoms with Crippen molar-refractivity contribution in [2.75, 3.05) is 0 Å². The van der Waals surface area contributed by atoms with Crippen LogP contribution in [0.5, 0.6) is 0 Å². The van der Waals surface area contributed by atoms with E-state index in [0.29, 0.717) is 16.6 Å². The van der Waals surface area contributed by atoms with E-state index in [1.165, 1.54) is 0 Å². The number of fused-ring (bicyclic) bond motifs is 7. The number of aryl methyl sites for hydroxylation is 1. The predicted octanol–water partition coefficient (Wildman–Crippen LogP) is 3.36. The fraction of sp³-hybridized carbons (Fsp3) is 0.0500. The summed E-state index contributed by atoms with van der Waals surface area (Å²) in [5.74, 6) is 0. The molecule has 0 aliphatic carbocycles. The minimum absolute atomic E-state index is 0.315. The third kappa shape index (κ3) is 1.65. The van der Waals surface area contributed by atoms with E-state index in [4.69, 9.17) is 0 Å². The monoisotopic (exact) mass is 324 g/mol. The van der Waals surface area contributed by atoms with Gasteiger partial charge in [-0.15, -0.1) is 0 Å². The van der Waals surface area contributed by atoms with E-state index in [0.717, 1.165) is 27.5 Å². The Balaban J connectivity index is 2.25. The molecule has 2 aromatic carbocycles. The Kier molecular flexibility index (Phi) is 2.58. The van der Waals surface area contributed by atoms with Gasteiger partial charge < -0.3 is 4.57 Å². The van der Waals surface area contributed by atoms with Crippen LogP contribution in [-0.4, -0.2) is 14.0 Å². The van der Waals surface area contributed by atoms with Crippen LogP contribution in [0.1, 0.15) is 5.56 Å². The second-order valence-corrected chi connectivity index (χ2v) is 6.08. The standard InChI is InChI=1S/C20H12N4O/c1-23-16-8-4-2-6-13(16)15-10-12(11-21)18-22-19(25)14-7-3-5-9-17(14)24(18)20(15)23/h2-10H,1H3. The van der Waals surface area contributed by atoms with Crippen LogP contribution in [0.4, 0.5) is 0 Å². The zero-order valence-electron chi connectivity index (χ0n) is 13.4. The Bertz CT molecular complexity index is 1430. The van der Waals surface area contributed by atoms with E-state index < -0.39 is 0 Å². The van der Waals surface area contributed by atoms with Gasteiger partial charge >= 0.3 is 0 Å². The Morgan fingerprint density at radius 2 is 1.64 bits per heavy atom. The van der Waals surface area contributed by atoms with Crippen molar-refractivity contribution in [3.63, 3.8) is 0 Å². The molecule has 0 saturated carbocycles. The molecule has 0 N–H and O–H groups in total. The topological polar surface area (TPSA) is 63.1 Å². The highest BCUT2D eigenvalue weighted by molar-refractivity contribution is 6.09. The predicted molar refractivity (Wildman–Crippen MR) is 97.7 cm³/mol. The Morgan fingerprint density at radius 1 is 0.960 bits per heavy atom. The maximum atomic E-state index is 12.4. The van der Waals surface area contributed by atoms with E-state index in [9.17, 15) is 10.1 Å². The molecule has 118 valence electrons. The van der Waals surface area contributed by atoms with Crippen LogP contribution >= 0.6 is 0 Å². The molecule has 0 unspecified atom stereocenters. The van der Waals surface area contributed by atoms with E-state index in [1.807, 2.05) is 60.0 Å². The summed E-state index contributed by atoms with van der Waals surface area (Å²) in [6.45, 7) is 0. The summed E-state index contributed by atoms with van der Waals surface area (Å²) >= 11 is 0. The zero-order valence-corrected chi connectivity index (χ0v) is 13.4. The minimum atomic E-state index is -0.315. The number of aromatic nitrogens is 3. The van der Waals surface area contributed by atoms with Gasteiger partial charge in [-0.25, -0.2) is 0 Å². The lowest BCUT2D eigenvalue weighted by Gasteiger charge is -2.10. The van der Waals surface area contributed by atoms with Gasteiger partial charge in [0.1, 0.15) is 11.7 Å².